The maximum Gasteiger partial charge on any atom is 0.306 e. The molecular weight excluding hydrogens is 344 g/mol. The summed E-state index contributed by atoms with van der Waals surface area (Å²) in [6.07, 6.45) is 1.45. The van der Waals surface area contributed by atoms with Crippen LogP contribution in [0, 0.1) is 0 Å². The monoisotopic (exact) mass is 358 g/mol. The van der Waals surface area contributed by atoms with Gasteiger partial charge in [-0.05, 0) is 29.8 Å². The van der Waals surface area contributed by atoms with E-state index in [1.54, 1.807) is 48.7 Å². The van der Waals surface area contributed by atoms with E-state index >= 15 is 0 Å². The number of aromatic hydroxyl groups is 1. The quantitative estimate of drug-likeness (QED) is 0.725. The molecule has 3 rings (SSSR count). The van der Waals surface area contributed by atoms with Gasteiger partial charge in [-0.25, -0.2) is 0 Å². The lowest BCUT2D eigenvalue weighted by atomic mass is 9.89. The van der Waals surface area contributed by atoms with E-state index in [0.29, 0.717) is 16.2 Å². The molecule has 0 bridgehead atoms. The molecule has 25 heavy (non-hydrogen) atoms. The van der Waals surface area contributed by atoms with Gasteiger partial charge in [0.2, 0.25) is 5.88 Å². The van der Waals surface area contributed by atoms with E-state index in [1.807, 2.05) is 0 Å². The summed E-state index contributed by atoms with van der Waals surface area (Å²) < 4.78 is 6.07. The zero-order valence-corrected chi connectivity index (χ0v) is 14.1. The van der Waals surface area contributed by atoms with E-state index in [9.17, 15) is 14.7 Å². The minimum atomic E-state index is -0.707. The van der Waals surface area contributed by atoms with Crippen LogP contribution in [0.25, 0.3) is 5.65 Å². The van der Waals surface area contributed by atoms with Crippen molar-refractivity contribution in [2.75, 3.05) is 7.11 Å². The second-order valence-electron chi connectivity index (χ2n) is 5.47. The number of carbonyl (C=O) groups excluding carboxylic acids is 1. The highest BCUT2D eigenvalue weighted by Crippen LogP contribution is 2.31. The van der Waals surface area contributed by atoms with Gasteiger partial charge in [0.15, 0.2) is 0 Å². The highest BCUT2D eigenvalue weighted by molar-refractivity contribution is 6.30. The first-order chi connectivity index (χ1) is 12.0. The number of esters is 1. The van der Waals surface area contributed by atoms with E-state index in [-0.39, 0.29) is 12.0 Å². The van der Waals surface area contributed by atoms with Gasteiger partial charge in [-0.1, -0.05) is 29.8 Å². The number of fused-ring (bicyclic) bond motifs is 1. The van der Waals surface area contributed by atoms with Gasteiger partial charge in [-0.15, -0.1) is 0 Å². The van der Waals surface area contributed by atoms with Crippen LogP contribution in [0.5, 0.6) is 5.88 Å². The molecule has 0 spiro atoms. The van der Waals surface area contributed by atoms with Crippen molar-refractivity contribution in [1.29, 1.82) is 0 Å². The third-order valence-electron chi connectivity index (χ3n) is 3.97. The van der Waals surface area contributed by atoms with Crippen LogP contribution in [0.3, 0.4) is 0 Å². The smallest absolute Gasteiger partial charge is 0.306 e. The summed E-state index contributed by atoms with van der Waals surface area (Å²) >= 11 is 5.92. The molecule has 128 valence electrons. The number of hydrogen-bond acceptors (Lipinski definition) is 5. The standard InChI is InChI=1S/C18H15ClN2O4/c1-25-15(22)10-13(11-5-7-12(19)8-6-11)16-17(23)20-14-4-2-3-9-21(14)18(16)24/h2-9,13,23H,10H2,1H3/t13-/m0/s1. The van der Waals surface area contributed by atoms with Crippen molar-refractivity contribution in [3.05, 3.63) is 75.2 Å². The molecule has 2 heterocycles. The molecule has 0 amide bonds. The predicted molar refractivity (Wildman–Crippen MR) is 93.1 cm³/mol. The van der Waals surface area contributed by atoms with E-state index in [2.05, 4.69) is 4.98 Å². The number of hydrogen-bond donors (Lipinski definition) is 1. The van der Waals surface area contributed by atoms with E-state index in [4.69, 9.17) is 16.3 Å². The number of halogens is 1. The molecule has 0 saturated carbocycles. The van der Waals surface area contributed by atoms with Gasteiger partial charge in [-0.3, -0.25) is 14.0 Å². The summed E-state index contributed by atoms with van der Waals surface area (Å²) in [5, 5.41) is 10.9. The number of rotatable bonds is 4. The second kappa shape index (κ2) is 6.94. The summed E-state index contributed by atoms with van der Waals surface area (Å²) in [7, 11) is 1.27. The minimum Gasteiger partial charge on any atom is -0.493 e. The number of methoxy groups -OCH3 is 1. The summed E-state index contributed by atoms with van der Waals surface area (Å²) in [6, 6.07) is 11.7. The highest BCUT2D eigenvalue weighted by Gasteiger charge is 2.26. The lowest BCUT2D eigenvalue weighted by Gasteiger charge is -2.17. The Labute approximate surface area is 148 Å². The Bertz CT molecular complexity index is 983. The van der Waals surface area contributed by atoms with Gasteiger partial charge in [0, 0.05) is 17.1 Å². The number of nitrogens with zero attached hydrogens (tertiary/aromatic N) is 2. The summed E-state index contributed by atoms with van der Waals surface area (Å²) in [6.45, 7) is 0. The number of aromatic nitrogens is 2. The van der Waals surface area contributed by atoms with Gasteiger partial charge >= 0.3 is 5.97 Å². The summed E-state index contributed by atoms with van der Waals surface area (Å²) in [4.78, 5) is 28.8. The number of carbonyl (C=O) groups is 1. The highest BCUT2D eigenvalue weighted by atomic mass is 35.5. The fourth-order valence-electron chi connectivity index (χ4n) is 2.73. The molecule has 7 heteroatoms. The van der Waals surface area contributed by atoms with Crippen LogP contribution in [0.2, 0.25) is 5.02 Å². The molecule has 0 fully saturated rings. The molecule has 3 aromatic rings. The average molecular weight is 359 g/mol. The van der Waals surface area contributed by atoms with Crippen LogP contribution in [-0.4, -0.2) is 27.6 Å². The van der Waals surface area contributed by atoms with Crippen LogP contribution in [0.1, 0.15) is 23.5 Å². The first-order valence-electron chi connectivity index (χ1n) is 7.54. The molecule has 0 aliphatic rings. The third-order valence-corrected chi connectivity index (χ3v) is 4.22. The molecule has 0 aliphatic heterocycles. The average Bonchev–Trinajstić information content (AvgIpc) is 2.61. The first-order valence-corrected chi connectivity index (χ1v) is 7.91. The van der Waals surface area contributed by atoms with Gasteiger partial charge in [-0.2, -0.15) is 4.98 Å². The molecule has 0 aliphatic carbocycles. The van der Waals surface area contributed by atoms with Crippen molar-refractivity contribution < 1.29 is 14.6 Å². The van der Waals surface area contributed by atoms with Crippen molar-refractivity contribution >= 4 is 23.2 Å². The van der Waals surface area contributed by atoms with Crippen LogP contribution in [0.4, 0.5) is 0 Å². The van der Waals surface area contributed by atoms with Crippen LogP contribution in [0.15, 0.2) is 53.5 Å². The van der Waals surface area contributed by atoms with Gasteiger partial charge in [0.05, 0.1) is 19.1 Å². The van der Waals surface area contributed by atoms with Crippen LogP contribution >= 0.6 is 11.6 Å². The lowest BCUT2D eigenvalue weighted by Crippen LogP contribution is -2.24. The van der Waals surface area contributed by atoms with Crippen molar-refractivity contribution in [2.45, 2.75) is 12.3 Å². The number of benzene rings is 1. The first kappa shape index (κ1) is 17.0. The second-order valence-corrected chi connectivity index (χ2v) is 5.90. The van der Waals surface area contributed by atoms with Crippen molar-refractivity contribution in [2.24, 2.45) is 0 Å². The van der Waals surface area contributed by atoms with Crippen molar-refractivity contribution in [1.82, 2.24) is 9.38 Å². The molecule has 0 radical (unpaired) electrons. The molecule has 2 aromatic heterocycles. The Morgan fingerprint density at radius 2 is 2.00 bits per heavy atom. The van der Waals surface area contributed by atoms with Crippen LogP contribution < -0.4 is 5.56 Å². The molecule has 6 nitrogen and oxygen atoms in total. The Morgan fingerprint density at radius 1 is 1.28 bits per heavy atom. The third kappa shape index (κ3) is 3.34. The largest absolute Gasteiger partial charge is 0.493 e. The fourth-order valence-corrected chi connectivity index (χ4v) is 2.85. The molecule has 1 atom stereocenters. The van der Waals surface area contributed by atoms with Crippen molar-refractivity contribution in [3.63, 3.8) is 0 Å². The summed E-state index contributed by atoms with van der Waals surface area (Å²) in [5.74, 6) is -1.61. The molecule has 1 N–H and O–H groups in total. The zero-order valence-electron chi connectivity index (χ0n) is 13.3. The predicted octanol–water partition coefficient (Wildman–Crippen LogP) is 2.75. The molecule has 1 aromatic carbocycles. The Morgan fingerprint density at radius 3 is 2.68 bits per heavy atom. The SMILES string of the molecule is COC(=O)C[C@@H](c1ccc(Cl)cc1)c1c(O)nc2ccccn2c1=O. The lowest BCUT2D eigenvalue weighted by molar-refractivity contribution is -0.140. The molecule has 0 saturated heterocycles. The number of ether oxygens (including phenoxy) is 1. The van der Waals surface area contributed by atoms with Gasteiger partial charge in [0.1, 0.15) is 5.65 Å². The van der Waals surface area contributed by atoms with Crippen molar-refractivity contribution in [3.8, 4) is 5.88 Å². The number of pyridine rings is 1. The van der Waals surface area contributed by atoms with Gasteiger partial charge in [0.25, 0.3) is 5.56 Å². The topological polar surface area (TPSA) is 80.9 Å². The molecular formula is C18H15ClN2O4. The normalized spacial score (nSPS) is 12.1. The Balaban J connectivity index is 2.22. The maximum atomic E-state index is 12.9. The van der Waals surface area contributed by atoms with E-state index in [1.165, 1.54) is 11.5 Å². The van der Waals surface area contributed by atoms with E-state index in [0.717, 1.165) is 0 Å². The maximum absolute atomic E-state index is 12.9. The minimum absolute atomic E-state index is 0.0384. The Hall–Kier alpha value is -2.86. The fraction of sp³-hybridized carbons (Fsp3) is 0.167. The van der Waals surface area contributed by atoms with Crippen LogP contribution in [-0.2, 0) is 9.53 Å². The summed E-state index contributed by atoms with van der Waals surface area (Å²) in [5.41, 5.74) is 0.574. The van der Waals surface area contributed by atoms with Gasteiger partial charge < -0.3 is 9.84 Å². The Kier molecular flexibility index (Phi) is 4.72. The zero-order chi connectivity index (χ0) is 18.0. The molecule has 0 unspecified atom stereocenters. The van der Waals surface area contributed by atoms with E-state index < -0.39 is 23.3 Å².